The average Bonchev–Trinajstić information content (AvgIpc) is 3.22. The SMILES string of the molecule is COc1ccc(NC(=S)NC(=O)c2cccc(C)c2OC)cc1-c1ccc(CO)o1. The van der Waals surface area contributed by atoms with Crippen molar-refractivity contribution in [3.05, 3.63) is 65.4 Å². The second-order valence-electron chi connectivity index (χ2n) is 6.40. The van der Waals surface area contributed by atoms with Gasteiger partial charge in [0.2, 0.25) is 0 Å². The summed E-state index contributed by atoms with van der Waals surface area (Å²) in [6.45, 7) is 1.67. The summed E-state index contributed by atoms with van der Waals surface area (Å²) in [4.78, 5) is 12.6. The highest BCUT2D eigenvalue weighted by atomic mass is 32.1. The molecule has 8 heteroatoms. The van der Waals surface area contributed by atoms with Gasteiger partial charge in [-0.3, -0.25) is 10.1 Å². The molecule has 1 heterocycles. The Hall–Kier alpha value is -3.36. The molecular weight excluding hydrogens is 404 g/mol. The normalized spacial score (nSPS) is 10.4. The van der Waals surface area contributed by atoms with Crippen molar-refractivity contribution in [1.82, 2.24) is 5.32 Å². The lowest BCUT2D eigenvalue weighted by Crippen LogP contribution is -2.34. The zero-order chi connectivity index (χ0) is 21.7. The third-order valence-electron chi connectivity index (χ3n) is 4.43. The highest BCUT2D eigenvalue weighted by molar-refractivity contribution is 7.80. The van der Waals surface area contributed by atoms with E-state index < -0.39 is 0 Å². The number of furan rings is 1. The molecule has 0 unspecified atom stereocenters. The third kappa shape index (κ3) is 4.61. The standard InChI is InChI=1S/C22H22N2O5S/c1-13-5-4-6-16(20(13)28-3)21(26)24-22(30)23-14-7-9-18(27-2)17(11-14)19-10-8-15(12-25)29-19/h4-11,25H,12H2,1-3H3,(H2,23,24,26,30). The molecular formula is C22H22N2O5S. The molecule has 0 radical (unpaired) electrons. The molecule has 0 bridgehead atoms. The second-order valence-corrected chi connectivity index (χ2v) is 6.81. The van der Waals surface area contributed by atoms with Crippen molar-refractivity contribution >= 4 is 28.9 Å². The van der Waals surface area contributed by atoms with Crippen molar-refractivity contribution in [1.29, 1.82) is 0 Å². The fourth-order valence-corrected chi connectivity index (χ4v) is 3.23. The van der Waals surface area contributed by atoms with E-state index in [0.717, 1.165) is 5.56 Å². The fraction of sp³-hybridized carbons (Fsp3) is 0.182. The van der Waals surface area contributed by atoms with Gasteiger partial charge in [-0.15, -0.1) is 0 Å². The van der Waals surface area contributed by atoms with E-state index >= 15 is 0 Å². The van der Waals surface area contributed by atoms with Crippen LogP contribution in [0.1, 0.15) is 21.7 Å². The molecule has 30 heavy (non-hydrogen) atoms. The average molecular weight is 426 g/mol. The number of thiocarbonyl (C=S) groups is 1. The Morgan fingerprint density at radius 2 is 1.93 bits per heavy atom. The molecule has 0 atom stereocenters. The molecule has 3 aromatic rings. The number of methoxy groups -OCH3 is 2. The van der Waals surface area contributed by atoms with Crippen LogP contribution in [-0.4, -0.2) is 30.3 Å². The first-order chi connectivity index (χ1) is 14.5. The number of aliphatic hydroxyl groups is 1. The summed E-state index contributed by atoms with van der Waals surface area (Å²) in [6, 6.07) is 14.1. The van der Waals surface area contributed by atoms with E-state index in [-0.39, 0.29) is 17.6 Å². The van der Waals surface area contributed by atoms with Crippen LogP contribution >= 0.6 is 12.2 Å². The third-order valence-corrected chi connectivity index (χ3v) is 4.63. The summed E-state index contributed by atoms with van der Waals surface area (Å²) < 4.78 is 16.3. The molecule has 2 aromatic carbocycles. The van der Waals surface area contributed by atoms with E-state index in [2.05, 4.69) is 10.6 Å². The number of hydrogen-bond donors (Lipinski definition) is 3. The highest BCUT2D eigenvalue weighted by Gasteiger charge is 2.16. The minimum absolute atomic E-state index is 0.134. The monoisotopic (exact) mass is 426 g/mol. The quantitative estimate of drug-likeness (QED) is 0.515. The summed E-state index contributed by atoms with van der Waals surface area (Å²) in [5.74, 6) is 1.71. The lowest BCUT2D eigenvalue weighted by Gasteiger charge is -2.14. The fourth-order valence-electron chi connectivity index (χ4n) is 3.02. The van der Waals surface area contributed by atoms with Gasteiger partial charge in [-0.1, -0.05) is 12.1 Å². The number of amides is 1. The smallest absolute Gasteiger partial charge is 0.261 e. The Morgan fingerprint density at radius 3 is 2.60 bits per heavy atom. The van der Waals surface area contributed by atoms with Crippen LogP contribution in [0.4, 0.5) is 5.69 Å². The summed E-state index contributed by atoms with van der Waals surface area (Å²) >= 11 is 5.30. The molecule has 0 saturated heterocycles. The van der Waals surface area contributed by atoms with E-state index in [1.54, 1.807) is 49.6 Å². The van der Waals surface area contributed by atoms with Gasteiger partial charge in [0.15, 0.2) is 5.11 Å². The highest BCUT2D eigenvalue weighted by Crippen LogP contribution is 2.34. The first kappa shape index (κ1) is 21.4. The molecule has 0 fully saturated rings. The Balaban J connectivity index is 1.78. The minimum Gasteiger partial charge on any atom is -0.496 e. The Kier molecular flexibility index (Phi) is 6.71. The van der Waals surface area contributed by atoms with Gasteiger partial charge in [0.1, 0.15) is 29.6 Å². The number of nitrogens with one attached hydrogen (secondary N) is 2. The molecule has 3 rings (SSSR count). The lowest BCUT2D eigenvalue weighted by atomic mass is 10.1. The van der Waals surface area contributed by atoms with Crippen molar-refractivity contribution < 1.29 is 23.8 Å². The maximum absolute atomic E-state index is 12.6. The van der Waals surface area contributed by atoms with Crippen LogP contribution in [0.2, 0.25) is 0 Å². The predicted molar refractivity (Wildman–Crippen MR) is 118 cm³/mol. The molecule has 1 amide bonds. The molecule has 0 aliphatic heterocycles. The lowest BCUT2D eigenvalue weighted by molar-refractivity contribution is 0.0974. The molecule has 0 aliphatic carbocycles. The molecule has 3 N–H and O–H groups in total. The van der Waals surface area contributed by atoms with Gasteiger partial charge in [0.25, 0.3) is 5.91 Å². The molecule has 7 nitrogen and oxygen atoms in total. The van der Waals surface area contributed by atoms with Crippen LogP contribution in [0.3, 0.4) is 0 Å². The molecule has 0 spiro atoms. The number of hydrogen-bond acceptors (Lipinski definition) is 6. The number of aliphatic hydroxyl groups excluding tert-OH is 1. The van der Waals surface area contributed by atoms with Gasteiger partial charge < -0.3 is 24.3 Å². The number of ether oxygens (including phenoxy) is 2. The zero-order valence-corrected chi connectivity index (χ0v) is 17.6. The van der Waals surface area contributed by atoms with E-state index in [0.29, 0.717) is 39.8 Å². The van der Waals surface area contributed by atoms with Crippen molar-refractivity contribution in [2.45, 2.75) is 13.5 Å². The van der Waals surface area contributed by atoms with Crippen LogP contribution in [0.15, 0.2) is 52.9 Å². The van der Waals surface area contributed by atoms with Crippen molar-refractivity contribution in [2.24, 2.45) is 0 Å². The first-order valence-electron chi connectivity index (χ1n) is 9.10. The molecule has 0 saturated carbocycles. The van der Waals surface area contributed by atoms with E-state index in [4.69, 9.17) is 26.1 Å². The Labute approximate surface area is 179 Å². The van der Waals surface area contributed by atoms with Crippen LogP contribution in [0.5, 0.6) is 11.5 Å². The summed E-state index contributed by atoms with van der Waals surface area (Å²) in [7, 11) is 3.08. The number of carbonyl (C=O) groups is 1. The predicted octanol–water partition coefficient (Wildman–Crippen LogP) is 3.89. The van der Waals surface area contributed by atoms with Crippen LogP contribution in [0, 0.1) is 6.92 Å². The van der Waals surface area contributed by atoms with Gasteiger partial charge in [0, 0.05) is 5.69 Å². The van der Waals surface area contributed by atoms with Crippen LogP contribution in [-0.2, 0) is 6.61 Å². The van der Waals surface area contributed by atoms with Gasteiger partial charge in [-0.05, 0) is 61.1 Å². The number of anilines is 1. The van der Waals surface area contributed by atoms with Crippen molar-refractivity contribution in [2.75, 3.05) is 19.5 Å². The molecule has 1 aromatic heterocycles. The molecule has 156 valence electrons. The largest absolute Gasteiger partial charge is 0.496 e. The maximum atomic E-state index is 12.6. The van der Waals surface area contributed by atoms with Gasteiger partial charge in [0.05, 0.1) is 25.3 Å². The zero-order valence-electron chi connectivity index (χ0n) is 16.8. The van der Waals surface area contributed by atoms with E-state index in [1.165, 1.54) is 7.11 Å². The van der Waals surface area contributed by atoms with Gasteiger partial charge >= 0.3 is 0 Å². The summed E-state index contributed by atoms with van der Waals surface area (Å²) in [5.41, 5.74) is 2.56. The number of rotatable bonds is 6. The second kappa shape index (κ2) is 9.43. The van der Waals surface area contributed by atoms with Crippen LogP contribution < -0.4 is 20.1 Å². The van der Waals surface area contributed by atoms with Crippen LogP contribution in [0.25, 0.3) is 11.3 Å². The number of para-hydroxylation sites is 1. The molecule has 0 aliphatic rings. The number of aryl methyl sites for hydroxylation is 1. The Morgan fingerprint density at radius 1 is 1.13 bits per heavy atom. The van der Waals surface area contributed by atoms with E-state index in [9.17, 15) is 9.90 Å². The Bertz CT molecular complexity index is 1080. The maximum Gasteiger partial charge on any atom is 0.261 e. The van der Waals surface area contributed by atoms with Crippen molar-refractivity contribution in [3.63, 3.8) is 0 Å². The van der Waals surface area contributed by atoms with Crippen molar-refractivity contribution in [3.8, 4) is 22.8 Å². The van der Waals surface area contributed by atoms with Gasteiger partial charge in [-0.2, -0.15) is 0 Å². The number of benzene rings is 2. The summed E-state index contributed by atoms with van der Waals surface area (Å²) in [5, 5.41) is 15.0. The number of carbonyl (C=O) groups excluding carboxylic acids is 1. The topological polar surface area (TPSA) is 93.0 Å². The summed E-state index contributed by atoms with van der Waals surface area (Å²) in [6.07, 6.45) is 0. The van der Waals surface area contributed by atoms with Gasteiger partial charge in [-0.25, -0.2) is 0 Å². The first-order valence-corrected chi connectivity index (χ1v) is 9.51. The van der Waals surface area contributed by atoms with E-state index in [1.807, 2.05) is 13.0 Å². The minimum atomic E-state index is -0.375.